The van der Waals surface area contributed by atoms with Crippen LogP contribution in [0.25, 0.3) is 30.3 Å². The number of nitrogens with zero attached hydrogens (tertiary/aromatic N) is 1. The number of isothiocyanates is 1. The third-order valence-electron chi connectivity index (χ3n) is 6.06. The molecule has 0 aliphatic heterocycles. The third-order valence-corrected chi connectivity index (χ3v) is 8.52. The zero-order valence-electron chi connectivity index (χ0n) is 20.8. The molecule has 0 N–H and O–H groups in total. The Hall–Kier alpha value is -3.57. The van der Waals surface area contributed by atoms with Gasteiger partial charge in [-0.1, -0.05) is 25.5 Å². The van der Waals surface area contributed by atoms with Gasteiger partial charge in [0.05, 0.1) is 5.16 Å². The SMILES string of the molecule is CCCc1ccc(-c2cc3sc(-c4cc(F)c(C(F)(F)Oc5cc(F)c(N=C=S)c(F)c5)c(F)c4)cc3s2)c(F)c1. The summed E-state index contributed by atoms with van der Waals surface area (Å²) < 4.78 is 108. The van der Waals surface area contributed by atoms with E-state index in [-0.39, 0.29) is 11.4 Å². The summed E-state index contributed by atoms with van der Waals surface area (Å²) in [5.41, 5.74) is -1.29. The average molecular weight is 624 g/mol. The van der Waals surface area contributed by atoms with Crippen LogP contribution in [-0.2, 0) is 12.5 Å². The molecule has 0 atom stereocenters. The summed E-state index contributed by atoms with van der Waals surface area (Å²) in [6.07, 6.45) is -2.97. The minimum atomic E-state index is -4.62. The lowest BCUT2D eigenvalue weighted by Crippen LogP contribution is -2.25. The summed E-state index contributed by atoms with van der Waals surface area (Å²) in [5, 5.41) is 1.74. The van der Waals surface area contributed by atoms with Crippen LogP contribution >= 0.6 is 34.9 Å². The molecule has 0 aliphatic carbocycles. The molecular formula is C29H16F7NOS3. The molecule has 0 saturated carbocycles. The van der Waals surface area contributed by atoms with Crippen molar-refractivity contribution in [2.24, 2.45) is 4.99 Å². The van der Waals surface area contributed by atoms with E-state index in [1.165, 1.54) is 17.4 Å². The van der Waals surface area contributed by atoms with Crippen LogP contribution in [-0.4, -0.2) is 5.16 Å². The molecule has 5 rings (SSSR count). The van der Waals surface area contributed by atoms with Crippen molar-refractivity contribution in [3.8, 4) is 26.6 Å². The Balaban J connectivity index is 1.42. The van der Waals surface area contributed by atoms with Crippen molar-refractivity contribution in [2.75, 3.05) is 0 Å². The number of halogens is 7. The Kier molecular flexibility index (Phi) is 8.02. The fourth-order valence-corrected chi connectivity index (χ4v) is 6.76. The minimum absolute atomic E-state index is 0.0101. The van der Waals surface area contributed by atoms with Crippen molar-refractivity contribution in [3.05, 3.63) is 94.8 Å². The van der Waals surface area contributed by atoms with E-state index in [2.05, 4.69) is 21.9 Å². The summed E-state index contributed by atoms with van der Waals surface area (Å²) in [6.45, 7) is 2.01. The van der Waals surface area contributed by atoms with E-state index in [9.17, 15) is 30.7 Å². The first-order valence-electron chi connectivity index (χ1n) is 12.0. The van der Waals surface area contributed by atoms with Crippen molar-refractivity contribution in [1.82, 2.24) is 0 Å². The molecular weight excluding hydrogens is 608 g/mol. The van der Waals surface area contributed by atoms with Crippen LogP contribution in [0.1, 0.15) is 24.5 Å². The number of aliphatic imine (C=N–C) groups is 1. The van der Waals surface area contributed by atoms with Crippen molar-refractivity contribution in [1.29, 1.82) is 0 Å². The number of hydrogen-bond acceptors (Lipinski definition) is 5. The van der Waals surface area contributed by atoms with Crippen LogP contribution in [0.4, 0.5) is 36.4 Å². The van der Waals surface area contributed by atoms with Gasteiger partial charge in [0, 0.05) is 36.9 Å². The molecule has 2 heterocycles. The Morgan fingerprint density at radius 2 is 1.41 bits per heavy atom. The van der Waals surface area contributed by atoms with Gasteiger partial charge in [0.25, 0.3) is 0 Å². The zero-order valence-corrected chi connectivity index (χ0v) is 23.3. The van der Waals surface area contributed by atoms with Crippen LogP contribution in [0.2, 0.25) is 0 Å². The number of fused-ring (bicyclic) bond motifs is 1. The van der Waals surface area contributed by atoms with Gasteiger partial charge < -0.3 is 4.74 Å². The summed E-state index contributed by atoms with van der Waals surface area (Å²) in [6, 6.07) is 10.7. The number of benzene rings is 3. The lowest BCUT2D eigenvalue weighted by Gasteiger charge is -2.20. The molecule has 0 unspecified atom stereocenters. The van der Waals surface area contributed by atoms with Crippen molar-refractivity contribution >= 4 is 55.1 Å². The third kappa shape index (κ3) is 5.78. The van der Waals surface area contributed by atoms with Gasteiger partial charge in [-0.25, -0.2) is 22.0 Å². The first kappa shape index (κ1) is 28.9. The largest absolute Gasteiger partial charge is 0.432 e. The smallest absolute Gasteiger partial charge is 0.429 e. The van der Waals surface area contributed by atoms with E-state index in [1.807, 2.05) is 13.0 Å². The van der Waals surface area contributed by atoms with Gasteiger partial charge in [0.2, 0.25) is 0 Å². The molecule has 0 spiro atoms. The predicted molar refractivity (Wildman–Crippen MR) is 150 cm³/mol. The molecule has 0 amide bonds. The Labute approximate surface area is 242 Å². The maximum atomic E-state index is 14.9. The maximum absolute atomic E-state index is 14.9. The molecule has 0 fully saturated rings. The monoisotopic (exact) mass is 623 g/mol. The fourth-order valence-electron chi connectivity index (χ4n) is 4.26. The normalized spacial score (nSPS) is 11.6. The highest BCUT2D eigenvalue weighted by Crippen LogP contribution is 2.44. The number of alkyl halides is 2. The lowest BCUT2D eigenvalue weighted by molar-refractivity contribution is -0.189. The van der Waals surface area contributed by atoms with Crippen LogP contribution in [0, 0.1) is 29.1 Å². The fraction of sp³-hybridized carbons (Fsp3) is 0.138. The van der Waals surface area contributed by atoms with Gasteiger partial charge >= 0.3 is 6.11 Å². The standard InChI is InChI=1S/C29H16F7NOS3/c1-2-3-14-4-5-17(18(30)6-14)24-12-26-25(41-24)11-23(40-26)15-7-19(31)27(20(32)8-15)29(35,36)38-16-9-21(33)28(37-13-39)22(34)10-16/h4-12H,2-3H2,1H3. The number of aryl methyl sites for hydroxylation is 1. The number of hydrogen-bond donors (Lipinski definition) is 0. The lowest BCUT2D eigenvalue weighted by atomic mass is 10.1. The van der Waals surface area contributed by atoms with Crippen LogP contribution < -0.4 is 4.74 Å². The summed E-state index contributed by atoms with van der Waals surface area (Å²) >= 11 is 6.71. The summed E-state index contributed by atoms with van der Waals surface area (Å²) in [7, 11) is 0. The van der Waals surface area contributed by atoms with E-state index in [0.29, 0.717) is 27.5 Å². The first-order chi connectivity index (χ1) is 19.5. The number of thiophene rings is 2. The van der Waals surface area contributed by atoms with E-state index < -0.39 is 46.4 Å². The molecule has 0 radical (unpaired) electrons. The quantitative estimate of drug-likeness (QED) is 0.0975. The second-order valence-electron chi connectivity index (χ2n) is 8.89. The molecule has 12 heteroatoms. The molecule has 5 aromatic rings. The van der Waals surface area contributed by atoms with Crippen LogP contribution in [0.5, 0.6) is 5.75 Å². The van der Waals surface area contributed by atoms with Crippen LogP contribution in [0.15, 0.2) is 59.6 Å². The minimum Gasteiger partial charge on any atom is -0.429 e. The second kappa shape index (κ2) is 11.4. The first-order valence-corrected chi connectivity index (χ1v) is 14.0. The molecule has 0 bridgehead atoms. The molecule has 210 valence electrons. The van der Waals surface area contributed by atoms with Gasteiger partial charge in [0.15, 0.2) is 11.6 Å². The number of rotatable bonds is 8. The van der Waals surface area contributed by atoms with Gasteiger partial charge in [-0.05, 0) is 60.1 Å². The molecule has 3 aromatic carbocycles. The van der Waals surface area contributed by atoms with Crippen molar-refractivity contribution in [2.45, 2.75) is 25.9 Å². The van der Waals surface area contributed by atoms with Gasteiger partial charge in [0.1, 0.15) is 34.5 Å². The van der Waals surface area contributed by atoms with Crippen molar-refractivity contribution in [3.63, 3.8) is 0 Å². The molecule has 41 heavy (non-hydrogen) atoms. The summed E-state index contributed by atoms with van der Waals surface area (Å²) in [4.78, 5) is 4.22. The highest BCUT2D eigenvalue weighted by molar-refractivity contribution is 7.78. The molecule has 2 aromatic heterocycles. The highest BCUT2D eigenvalue weighted by Gasteiger charge is 2.41. The van der Waals surface area contributed by atoms with E-state index in [4.69, 9.17) is 0 Å². The van der Waals surface area contributed by atoms with Gasteiger partial charge in [-0.3, -0.25) is 0 Å². The average Bonchev–Trinajstić information content (AvgIpc) is 3.45. The van der Waals surface area contributed by atoms with Crippen molar-refractivity contribution < 1.29 is 35.5 Å². The Morgan fingerprint density at radius 1 is 0.805 bits per heavy atom. The molecule has 0 saturated heterocycles. The van der Waals surface area contributed by atoms with E-state index in [0.717, 1.165) is 51.3 Å². The number of thiocarbonyl (C=S) groups is 1. The molecule has 0 aliphatic rings. The van der Waals surface area contributed by atoms with E-state index >= 15 is 0 Å². The highest BCUT2D eigenvalue weighted by atomic mass is 32.1. The zero-order chi connectivity index (χ0) is 29.5. The van der Waals surface area contributed by atoms with Crippen LogP contribution in [0.3, 0.4) is 0 Å². The second-order valence-corrected chi connectivity index (χ2v) is 11.2. The summed E-state index contributed by atoms with van der Waals surface area (Å²) in [5.74, 6) is -7.40. The topological polar surface area (TPSA) is 21.6 Å². The number of ether oxygens (including phenoxy) is 1. The van der Waals surface area contributed by atoms with Gasteiger partial charge in [-0.15, -0.1) is 22.7 Å². The predicted octanol–water partition coefficient (Wildman–Crippen LogP) is 10.8. The Morgan fingerprint density at radius 3 is 2.00 bits per heavy atom. The van der Waals surface area contributed by atoms with E-state index in [1.54, 1.807) is 23.4 Å². The maximum Gasteiger partial charge on any atom is 0.432 e. The Bertz CT molecular complexity index is 1760. The molecule has 2 nitrogen and oxygen atoms in total. The van der Waals surface area contributed by atoms with Gasteiger partial charge in [-0.2, -0.15) is 13.8 Å².